The maximum atomic E-state index is 13.3. The Labute approximate surface area is 167 Å². The van der Waals surface area contributed by atoms with E-state index in [1.165, 1.54) is 31.2 Å². The van der Waals surface area contributed by atoms with E-state index in [4.69, 9.17) is 16.4 Å². The molecule has 0 unspecified atom stereocenters. The Balaban J connectivity index is 2.51. The van der Waals surface area contributed by atoms with Gasteiger partial charge in [-0.15, -0.1) is 0 Å². The number of nitrogens with zero attached hydrogens (tertiary/aromatic N) is 2. The smallest absolute Gasteiger partial charge is 0.395 e. The zero-order valence-electron chi connectivity index (χ0n) is 15.8. The molecule has 1 aliphatic carbocycles. The maximum Gasteiger partial charge on any atom is 0.516 e. The summed E-state index contributed by atoms with van der Waals surface area (Å²) in [6, 6.07) is 3.94. The summed E-state index contributed by atoms with van der Waals surface area (Å²) in [6.07, 6.45) is 3.51. The lowest BCUT2D eigenvalue weighted by molar-refractivity contribution is -0.0437. The van der Waals surface area contributed by atoms with Gasteiger partial charge in [-0.3, -0.25) is 4.31 Å². The fraction of sp³-hybridized carbons (Fsp3) is 0.500. The summed E-state index contributed by atoms with van der Waals surface area (Å²) in [7, 11) is -5.63. The molecule has 1 aromatic carbocycles. The third kappa shape index (κ3) is 5.64. The van der Waals surface area contributed by atoms with Crippen molar-refractivity contribution in [1.82, 2.24) is 0 Å². The number of benzene rings is 1. The number of sulfonamides is 1. The average Bonchev–Trinajstić information content (AvgIpc) is 3.38. The fourth-order valence-electron chi connectivity index (χ4n) is 2.31. The molecule has 156 valence electrons. The molecule has 0 heterocycles. The molecular formula is C18H22ClF3N2O3S. The van der Waals surface area contributed by atoms with E-state index in [-0.39, 0.29) is 22.0 Å². The summed E-state index contributed by atoms with van der Waals surface area (Å²) in [5, 5.41) is 4.18. The van der Waals surface area contributed by atoms with Crippen molar-refractivity contribution in [2.75, 3.05) is 17.5 Å². The van der Waals surface area contributed by atoms with Crippen LogP contribution in [0.15, 0.2) is 35.0 Å². The van der Waals surface area contributed by atoms with Gasteiger partial charge in [0.2, 0.25) is 0 Å². The zero-order valence-corrected chi connectivity index (χ0v) is 17.3. The first-order chi connectivity index (χ1) is 12.9. The van der Waals surface area contributed by atoms with Crippen LogP contribution in [0.25, 0.3) is 0 Å². The van der Waals surface area contributed by atoms with Gasteiger partial charge in [0.05, 0.1) is 17.9 Å². The summed E-state index contributed by atoms with van der Waals surface area (Å²) in [6.45, 7) is 4.80. The highest BCUT2D eigenvalue weighted by atomic mass is 35.5. The highest BCUT2D eigenvalue weighted by Gasteiger charge is 2.50. The van der Waals surface area contributed by atoms with Crippen molar-refractivity contribution in [3.05, 3.63) is 40.4 Å². The highest BCUT2D eigenvalue weighted by molar-refractivity contribution is 7.93. The number of alkyl halides is 3. The predicted molar refractivity (Wildman–Crippen MR) is 104 cm³/mol. The molecule has 0 amide bonds. The molecule has 1 aromatic rings. The molecular weight excluding hydrogens is 417 g/mol. The number of hydrogen-bond donors (Lipinski definition) is 0. The Kier molecular flexibility index (Phi) is 7.03. The molecule has 0 spiro atoms. The number of anilines is 1. The van der Waals surface area contributed by atoms with E-state index in [1.54, 1.807) is 13.8 Å². The van der Waals surface area contributed by atoms with Crippen molar-refractivity contribution in [2.45, 2.75) is 39.1 Å². The van der Waals surface area contributed by atoms with E-state index < -0.39 is 22.1 Å². The van der Waals surface area contributed by atoms with Crippen LogP contribution < -0.4 is 4.31 Å². The van der Waals surface area contributed by atoms with Gasteiger partial charge >= 0.3 is 15.5 Å². The molecule has 5 nitrogen and oxygen atoms in total. The minimum atomic E-state index is -5.63. The summed E-state index contributed by atoms with van der Waals surface area (Å²) in [5.74, 6) is 0.440. The third-order valence-corrected chi connectivity index (χ3v) is 5.82. The Morgan fingerprint density at radius 3 is 2.50 bits per heavy atom. The van der Waals surface area contributed by atoms with Crippen molar-refractivity contribution >= 4 is 33.0 Å². The molecule has 0 aliphatic heterocycles. The van der Waals surface area contributed by atoms with Crippen molar-refractivity contribution in [2.24, 2.45) is 11.1 Å². The van der Waals surface area contributed by atoms with Gasteiger partial charge < -0.3 is 4.84 Å². The van der Waals surface area contributed by atoms with Gasteiger partial charge in [-0.25, -0.2) is 0 Å². The first kappa shape index (κ1) is 22.5. The van der Waals surface area contributed by atoms with Gasteiger partial charge in [-0.1, -0.05) is 28.4 Å². The van der Waals surface area contributed by atoms with Gasteiger partial charge in [0.1, 0.15) is 6.61 Å². The summed E-state index contributed by atoms with van der Waals surface area (Å²) >= 11 is 5.99. The summed E-state index contributed by atoms with van der Waals surface area (Å²) < 4.78 is 64.5. The lowest BCUT2D eigenvalue weighted by Crippen LogP contribution is -2.41. The Morgan fingerprint density at radius 1 is 1.32 bits per heavy atom. The molecule has 1 fully saturated rings. The van der Waals surface area contributed by atoms with Crippen LogP contribution in [0.3, 0.4) is 0 Å². The van der Waals surface area contributed by atoms with Gasteiger partial charge in [0.25, 0.3) is 0 Å². The second-order valence-corrected chi connectivity index (χ2v) is 9.13. The van der Waals surface area contributed by atoms with E-state index in [0.29, 0.717) is 22.4 Å². The minimum absolute atomic E-state index is 0.151. The summed E-state index contributed by atoms with van der Waals surface area (Å²) in [5.41, 5.74) is -4.56. The van der Waals surface area contributed by atoms with Gasteiger partial charge in [0, 0.05) is 10.6 Å². The van der Waals surface area contributed by atoms with E-state index in [2.05, 4.69) is 5.16 Å². The van der Waals surface area contributed by atoms with Crippen LogP contribution in [0.2, 0.25) is 5.02 Å². The number of allylic oxidation sites excluding steroid dienone is 1. The molecule has 0 atom stereocenters. The van der Waals surface area contributed by atoms with Crippen LogP contribution in [0, 0.1) is 5.92 Å². The molecule has 1 saturated carbocycles. The van der Waals surface area contributed by atoms with E-state index in [1.807, 2.05) is 0 Å². The zero-order chi connectivity index (χ0) is 21.1. The van der Waals surface area contributed by atoms with Crippen LogP contribution in [0.1, 0.15) is 39.2 Å². The van der Waals surface area contributed by atoms with Crippen LogP contribution in [-0.2, 0) is 14.9 Å². The topological polar surface area (TPSA) is 59.0 Å². The SMILES string of the molecule is CC(C)=CCN(c1ccc(Cl)cc1/C(C)=N/OCC1CC1)S(=O)(=O)C(F)(F)F. The lowest BCUT2D eigenvalue weighted by atomic mass is 10.1. The maximum absolute atomic E-state index is 13.3. The third-order valence-electron chi connectivity index (χ3n) is 4.07. The number of rotatable bonds is 8. The average molecular weight is 439 g/mol. The van der Waals surface area contributed by atoms with E-state index >= 15 is 0 Å². The Morgan fingerprint density at radius 2 is 1.96 bits per heavy atom. The van der Waals surface area contributed by atoms with E-state index in [9.17, 15) is 21.6 Å². The van der Waals surface area contributed by atoms with Gasteiger partial charge in [-0.2, -0.15) is 21.6 Å². The number of hydrogen-bond acceptors (Lipinski definition) is 4. The van der Waals surface area contributed by atoms with E-state index in [0.717, 1.165) is 12.8 Å². The highest BCUT2D eigenvalue weighted by Crippen LogP contribution is 2.34. The van der Waals surface area contributed by atoms with Crippen molar-refractivity contribution in [3.8, 4) is 0 Å². The van der Waals surface area contributed by atoms with Gasteiger partial charge in [0.15, 0.2) is 0 Å². The monoisotopic (exact) mass is 438 g/mol. The standard InChI is InChI=1S/C18H22ClF3N2O3S/c1-12(2)8-9-24(28(25,26)18(20,21)22)17-7-6-15(19)10-16(17)13(3)23-27-11-14-4-5-14/h6-8,10,14H,4-5,9,11H2,1-3H3/b23-13+. The lowest BCUT2D eigenvalue weighted by Gasteiger charge is -2.26. The molecule has 0 N–H and O–H groups in total. The quantitative estimate of drug-likeness (QED) is 0.322. The normalized spacial score (nSPS) is 15.3. The van der Waals surface area contributed by atoms with Crippen LogP contribution in [0.5, 0.6) is 0 Å². The van der Waals surface area contributed by atoms with Gasteiger partial charge in [-0.05, 0) is 57.7 Å². The van der Waals surface area contributed by atoms with Crippen LogP contribution in [-0.4, -0.2) is 32.8 Å². The largest absolute Gasteiger partial charge is 0.516 e. The fourth-order valence-corrected chi connectivity index (χ4v) is 3.42. The molecule has 0 aromatic heterocycles. The first-order valence-corrected chi connectivity index (χ1v) is 10.4. The molecule has 28 heavy (non-hydrogen) atoms. The molecule has 0 bridgehead atoms. The minimum Gasteiger partial charge on any atom is -0.395 e. The Bertz CT molecular complexity index is 875. The van der Waals surface area contributed by atoms with Crippen molar-refractivity contribution in [1.29, 1.82) is 0 Å². The number of halogens is 4. The molecule has 2 rings (SSSR count). The summed E-state index contributed by atoms with van der Waals surface area (Å²) in [4.78, 5) is 5.24. The van der Waals surface area contributed by atoms with Crippen molar-refractivity contribution < 1.29 is 26.4 Å². The molecule has 0 saturated heterocycles. The van der Waals surface area contributed by atoms with Crippen LogP contribution >= 0.6 is 11.6 Å². The number of oxime groups is 1. The Hall–Kier alpha value is -1.74. The molecule has 0 radical (unpaired) electrons. The second-order valence-electron chi connectivity index (χ2n) is 6.84. The second kappa shape index (κ2) is 8.73. The molecule has 10 heteroatoms. The molecule has 1 aliphatic rings. The predicted octanol–water partition coefficient (Wildman–Crippen LogP) is 5.11. The van der Waals surface area contributed by atoms with Crippen molar-refractivity contribution in [3.63, 3.8) is 0 Å². The van der Waals surface area contributed by atoms with Crippen LogP contribution in [0.4, 0.5) is 18.9 Å². The first-order valence-electron chi connectivity index (χ1n) is 8.62.